The molecule has 1 aromatic carbocycles. The molecular formula is C28H44O. The molecule has 3 rings (SSSR count). The fraction of sp³-hybridized carbons (Fsp3) is 0.714. The molecule has 0 saturated heterocycles. The average molecular weight is 397 g/mol. The highest BCUT2D eigenvalue weighted by atomic mass is 16.5. The Bertz CT molecular complexity index is 591. The van der Waals surface area contributed by atoms with Gasteiger partial charge in [0.15, 0.2) is 0 Å². The third kappa shape index (κ3) is 7.83. The molecule has 0 N–H and O–H groups in total. The molecule has 1 aromatic rings. The number of hydrogen-bond acceptors (Lipinski definition) is 1. The van der Waals surface area contributed by atoms with Crippen molar-refractivity contribution in [2.24, 2.45) is 17.8 Å². The SMILES string of the molecule is CCCOc1ccc(CCC2=CCC(CCC3CCC(CCC)CC3)CC2)cc1. The van der Waals surface area contributed by atoms with E-state index in [-0.39, 0.29) is 0 Å². The van der Waals surface area contributed by atoms with Crippen LogP contribution in [0.1, 0.15) is 103 Å². The molecule has 0 aromatic heterocycles. The lowest BCUT2D eigenvalue weighted by Gasteiger charge is -2.30. The minimum atomic E-state index is 0.813. The van der Waals surface area contributed by atoms with Crippen molar-refractivity contribution >= 4 is 0 Å². The van der Waals surface area contributed by atoms with E-state index in [4.69, 9.17) is 4.74 Å². The maximum Gasteiger partial charge on any atom is 0.119 e. The van der Waals surface area contributed by atoms with E-state index < -0.39 is 0 Å². The number of ether oxygens (including phenoxy) is 1. The summed E-state index contributed by atoms with van der Waals surface area (Å²) in [5, 5.41) is 0. The van der Waals surface area contributed by atoms with E-state index in [2.05, 4.69) is 44.2 Å². The van der Waals surface area contributed by atoms with E-state index in [9.17, 15) is 0 Å². The van der Waals surface area contributed by atoms with Gasteiger partial charge in [0.1, 0.15) is 5.75 Å². The van der Waals surface area contributed by atoms with Crippen LogP contribution in [0.25, 0.3) is 0 Å². The second-order valence-corrected chi connectivity index (χ2v) is 9.75. The van der Waals surface area contributed by atoms with Gasteiger partial charge in [-0.15, -0.1) is 0 Å². The van der Waals surface area contributed by atoms with Crippen LogP contribution in [0.2, 0.25) is 0 Å². The largest absolute Gasteiger partial charge is 0.494 e. The first kappa shape index (κ1) is 22.4. The molecule has 1 atom stereocenters. The van der Waals surface area contributed by atoms with Crippen molar-refractivity contribution in [1.29, 1.82) is 0 Å². The zero-order valence-corrected chi connectivity index (χ0v) is 19.1. The number of hydrogen-bond donors (Lipinski definition) is 0. The Labute approximate surface area is 180 Å². The Kier molecular flexibility index (Phi) is 9.64. The third-order valence-corrected chi connectivity index (χ3v) is 7.39. The van der Waals surface area contributed by atoms with Crippen LogP contribution in [-0.2, 0) is 6.42 Å². The summed E-state index contributed by atoms with van der Waals surface area (Å²) < 4.78 is 5.69. The summed E-state index contributed by atoms with van der Waals surface area (Å²) in [4.78, 5) is 0. The highest BCUT2D eigenvalue weighted by Gasteiger charge is 2.22. The average Bonchev–Trinajstić information content (AvgIpc) is 2.77. The number of allylic oxidation sites excluding steroid dienone is 2. The van der Waals surface area contributed by atoms with Crippen molar-refractivity contribution in [1.82, 2.24) is 0 Å². The minimum absolute atomic E-state index is 0.813. The van der Waals surface area contributed by atoms with Crippen LogP contribution in [0.5, 0.6) is 5.75 Å². The van der Waals surface area contributed by atoms with Crippen molar-refractivity contribution in [3.8, 4) is 5.75 Å². The normalized spacial score (nSPS) is 24.9. The molecule has 1 fully saturated rings. The van der Waals surface area contributed by atoms with E-state index >= 15 is 0 Å². The Morgan fingerprint density at radius 1 is 0.759 bits per heavy atom. The van der Waals surface area contributed by atoms with Crippen LogP contribution in [-0.4, -0.2) is 6.61 Å². The molecule has 29 heavy (non-hydrogen) atoms. The van der Waals surface area contributed by atoms with E-state index in [1.54, 1.807) is 5.57 Å². The van der Waals surface area contributed by atoms with Crippen LogP contribution in [0.4, 0.5) is 0 Å². The fourth-order valence-corrected chi connectivity index (χ4v) is 5.40. The predicted octanol–water partition coefficient (Wildman–Crippen LogP) is 8.52. The summed E-state index contributed by atoms with van der Waals surface area (Å²) in [5.74, 6) is 4.06. The van der Waals surface area contributed by atoms with Crippen LogP contribution >= 0.6 is 0 Å². The first-order valence-corrected chi connectivity index (χ1v) is 12.7. The van der Waals surface area contributed by atoms with E-state index in [1.807, 2.05) is 0 Å². The van der Waals surface area contributed by atoms with Gasteiger partial charge in [-0.1, -0.05) is 82.6 Å². The molecule has 2 aliphatic rings. The maximum absolute atomic E-state index is 5.69. The van der Waals surface area contributed by atoms with Gasteiger partial charge in [0.05, 0.1) is 6.61 Å². The third-order valence-electron chi connectivity index (χ3n) is 7.39. The van der Waals surface area contributed by atoms with Gasteiger partial charge < -0.3 is 4.74 Å². The van der Waals surface area contributed by atoms with Crippen LogP contribution in [0.3, 0.4) is 0 Å². The second kappa shape index (κ2) is 12.5. The zero-order chi connectivity index (χ0) is 20.3. The highest BCUT2D eigenvalue weighted by Crippen LogP contribution is 2.36. The molecule has 0 amide bonds. The van der Waals surface area contributed by atoms with Crippen molar-refractivity contribution in [2.75, 3.05) is 6.61 Å². The topological polar surface area (TPSA) is 9.23 Å². The monoisotopic (exact) mass is 396 g/mol. The summed E-state index contributed by atoms with van der Waals surface area (Å²) in [7, 11) is 0. The molecule has 0 radical (unpaired) electrons. The van der Waals surface area contributed by atoms with Gasteiger partial charge in [0, 0.05) is 0 Å². The highest BCUT2D eigenvalue weighted by molar-refractivity contribution is 5.28. The maximum atomic E-state index is 5.69. The lowest BCUT2D eigenvalue weighted by atomic mass is 9.76. The molecule has 0 heterocycles. The van der Waals surface area contributed by atoms with Crippen molar-refractivity contribution in [3.63, 3.8) is 0 Å². The minimum Gasteiger partial charge on any atom is -0.494 e. The molecular weight excluding hydrogens is 352 g/mol. The van der Waals surface area contributed by atoms with E-state index in [0.29, 0.717) is 0 Å². The number of benzene rings is 1. The Hall–Kier alpha value is -1.24. The molecule has 1 heteroatoms. The van der Waals surface area contributed by atoms with Crippen LogP contribution in [0.15, 0.2) is 35.9 Å². The molecule has 1 saturated carbocycles. The van der Waals surface area contributed by atoms with Gasteiger partial charge >= 0.3 is 0 Å². The van der Waals surface area contributed by atoms with Gasteiger partial charge in [-0.05, 0) is 80.4 Å². The molecule has 0 aliphatic heterocycles. The van der Waals surface area contributed by atoms with Gasteiger partial charge in [-0.3, -0.25) is 0 Å². The van der Waals surface area contributed by atoms with Gasteiger partial charge in [-0.25, -0.2) is 0 Å². The first-order chi connectivity index (χ1) is 14.3. The lowest BCUT2D eigenvalue weighted by molar-refractivity contribution is 0.236. The first-order valence-electron chi connectivity index (χ1n) is 12.7. The number of rotatable bonds is 11. The summed E-state index contributed by atoms with van der Waals surface area (Å²) in [6.45, 7) is 5.30. The van der Waals surface area contributed by atoms with Gasteiger partial charge in [-0.2, -0.15) is 0 Å². The molecule has 1 unspecified atom stereocenters. The molecule has 2 aliphatic carbocycles. The van der Waals surface area contributed by atoms with Crippen molar-refractivity contribution in [3.05, 3.63) is 41.5 Å². The molecule has 162 valence electrons. The summed E-state index contributed by atoms with van der Waals surface area (Å²) in [5.41, 5.74) is 3.14. The Morgan fingerprint density at radius 2 is 1.45 bits per heavy atom. The summed E-state index contributed by atoms with van der Waals surface area (Å²) >= 11 is 0. The fourth-order valence-electron chi connectivity index (χ4n) is 5.40. The number of aryl methyl sites for hydroxylation is 1. The van der Waals surface area contributed by atoms with Crippen molar-refractivity contribution in [2.45, 2.75) is 104 Å². The zero-order valence-electron chi connectivity index (χ0n) is 19.1. The smallest absolute Gasteiger partial charge is 0.119 e. The quantitative estimate of drug-likeness (QED) is 0.340. The lowest BCUT2D eigenvalue weighted by Crippen LogP contribution is -2.16. The standard InChI is InChI=1S/C28H44O/c1-3-5-23-6-8-24(9-7-23)10-11-25-12-14-26(15-13-25)16-17-27-18-20-28(21-19-27)29-22-4-2/h14,18-21,23-25H,3-13,15-17,22H2,1-2H3. The second-order valence-electron chi connectivity index (χ2n) is 9.75. The Balaban J connectivity index is 1.31. The van der Waals surface area contributed by atoms with Gasteiger partial charge in [0.2, 0.25) is 0 Å². The summed E-state index contributed by atoms with van der Waals surface area (Å²) in [6.07, 6.45) is 22.1. The van der Waals surface area contributed by atoms with E-state index in [1.165, 1.54) is 89.0 Å². The van der Waals surface area contributed by atoms with Gasteiger partial charge in [0.25, 0.3) is 0 Å². The van der Waals surface area contributed by atoms with Crippen LogP contribution < -0.4 is 4.74 Å². The van der Waals surface area contributed by atoms with Crippen LogP contribution in [0, 0.1) is 17.8 Å². The summed E-state index contributed by atoms with van der Waals surface area (Å²) in [6, 6.07) is 8.75. The molecule has 0 spiro atoms. The van der Waals surface area contributed by atoms with Crippen molar-refractivity contribution < 1.29 is 4.74 Å². The Morgan fingerprint density at radius 3 is 2.07 bits per heavy atom. The van der Waals surface area contributed by atoms with E-state index in [0.717, 1.165) is 36.5 Å². The molecule has 0 bridgehead atoms. The molecule has 1 nitrogen and oxygen atoms in total. The predicted molar refractivity (Wildman–Crippen MR) is 126 cm³/mol.